The van der Waals surface area contributed by atoms with E-state index in [9.17, 15) is 9.59 Å². The fourth-order valence-corrected chi connectivity index (χ4v) is 10.5. The zero-order valence-corrected chi connectivity index (χ0v) is 24.8. The molecule has 0 bridgehead atoms. The van der Waals surface area contributed by atoms with Crippen molar-refractivity contribution in [2.75, 3.05) is 0 Å². The molecule has 2 saturated heterocycles. The smallest absolute Gasteiger partial charge is 0.427 e. The molecule has 214 valence electrons. The first-order valence-electron chi connectivity index (χ1n) is 15.9. The normalized spacial score (nSPS) is 53.2. The molecule has 0 aromatic rings. The van der Waals surface area contributed by atoms with E-state index in [0.717, 1.165) is 19.3 Å². The molecular formula is C32H50O6. The molecule has 0 unspecified atom stereocenters. The highest BCUT2D eigenvalue weighted by Crippen LogP contribution is 2.68. The summed E-state index contributed by atoms with van der Waals surface area (Å²) in [6.45, 7) is 18.1. The first-order valence-corrected chi connectivity index (χ1v) is 15.4. The Morgan fingerprint density at radius 1 is 0.895 bits per heavy atom. The molecule has 0 amide bonds. The van der Waals surface area contributed by atoms with E-state index in [1.54, 1.807) is 0 Å². The van der Waals surface area contributed by atoms with Crippen LogP contribution < -0.4 is 0 Å². The molecule has 2 heterocycles. The highest BCUT2D eigenvalue weighted by Gasteiger charge is 2.65. The van der Waals surface area contributed by atoms with Crippen LogP contribution in [-0.2, 0) is 23.7 Å². The van der Waals surface area contributed by atoms with Crippen LogP contribution in [-0.4, -0.2) is 42.1 Å². The minimum Gasteiger partial charge on any atom is -0.427 e. The Balaban J connectivity index is 1.25. The van der Waals surface area contributed by atoms with Gasteiger partial charge in [-0.1, -0.05) is 41.5 Å². The van der Waals surface area contributed by atoms with E-state index in [0.29, 0.717) is 54.3 Å². The van der Waals surface area contributed by atoms with Crippen LogP contribution in [0.25, 0.3) is 0 Å². The Morgan fingerprint density at radius 2 is 1.58 bits per heavy atom. The lowest BCUT2D eigenvalue weighted by atomic mass is 9.44. The predicted molar refractivity (Wildman–Crippen MR) is 143 cm³/mol. The summed E-state index contributed by atoms with van der Waals surface area (Å²) in [5, 5.41) is 0. The van der Waals surface area contributed by atoms with Crippen LogP contribution in [0.15, 0.2) is 0 Å². The van der Waals surface area contributed by atoms with Gasteiger partial charge in [0.15, 0.2) is 5.79 Å². The molecule has 6 aliphatic rings. The minimum absolute atomic E-state index is 0.0751. The first kappa shape index (κ1) is 25.8. The average molecular weight is 532 g/mol. The van der Waals surface area contributed by atoms with Crippen LogP contribution in [0.2, 0.25) is 0 Å². The van der Waals surface area contributed by atoms with E-state index >= 15 is 0 Å². The van der Waals surface area contributed by atoms with E-state index in [-0.39, 0.29) is 41.2 Å². The number of hydrogen-bond acceptors (Lipinski definition) is 6. The predicted octanol–water partition coefficient (Wildman–Crippen LogP) is 6.79. The van der Waals surface area contributed by atoms with Gasteiger partial charge in [0.25, 0.3) is 0 Å². The number of rotatable bonds is 4. The summed E-state index contributed by atoms with van der Waals surface area (Å²) in [7, 11) is 0. The molecular weight excluding hydrogens is 480 g/mol. The summed E-state index contributed by atoms with van der Waals surface area (Å²) in [6, 6.07) is 0. The number of hydrogen-bond donors (Lipinski definition) is 0. The lowest BCUT2D eigenvalue weighted by molar-refractivity contribution is -0.167. The SMILES string of the molecule is [2H][C@]12C[C@@H]3C(=O)C[C@@H]4[C@H](CC[C@]5(C)[C@@H]([C@H](C)[C@H]6OC(C)(C)O[C@@H]6[C@H](C)C(C)C)CC[C@@H]45)[C@@]3(C)C[C@H]1OC(=O)O2. The zero-order chi connectivity index (χ0) is 28.3. The van der Waals surface area contributed by atoms with Gasteiger partial charge < -0.3 is 18.9 Å². The molecule has 6 rings (SSSR count). The van der Waals surface area contributed by atoms with Crippen LogP contribution in [0.1, 0.15) is 102 Å². The van der Waals surface area contributed by atoms with Crippen molar-refractivity contribution in [1.29, 1.82) is 0 Å². The van der Waals surface area contributed by atoms with E-state index in [1.165, 1.54) is 6.42 Å². The lowest BCUT2D eigenvalue weighted by Crippen LogP contribution is -2.59. The third-order valence-corrected chi connectivity index (χ3v) is 12.7. The van der Waals surface area contributed by atoms with Gasteiger partial charge in [0.05, 0.1) is 13.6 Å². The summed E-state index contributed by atoms with van der Waals surface area (Å²) in [4.78, 5) is 25.7. The number of Topliss-reactive ketones (excluding diaryl/α,β-unsaturated/α-hetero) is 1. The van der Waals surface area contributed by atoms with Crippen molar-refractivity contribution in [2.45, 2.75) is 131 Å². The van der Waals surface area contributed by atoms with E-state index in [1.807, 2.05) is 0 Å². The molecule has 6 heteroatoms. The van der Waals surface area contributed by atoms with Crippen LogP contribution in [0, 0.1) is 58.2 Å². The summed E-state index contributed by atoms with van der Waals surface area (Å²) in [5.74, 6) is 2.59. The molecule has 6 nitrogen and oxygen atoms in total. The molecule has 4 aliphatic carbocycles. The number of carbonyl (C=O) groups excluding carboxylic acids is 2. The van der Waals surface area contributed by atoms with Gasteiger partial charge >= 0.3 is 6.16 Å². The number of ketones is 1. The van der Waals surface area contributed by atoms with Gasteiger partial charge in [0.1, 0.15) is 18.0 Å². The van der Waals surface area contributed by atoms with E-state index in [2.05, 4.69) is 55.4 Å². The van der Waals surface area contributed by atoms with Crippen LogP contribution in [0.4, 0.5) is 4.79 Å². The molecule has 0 aromatic heterocycles. The molecule has 0 aromatic carbocycles. The summed E-state index contributed by atoms with van der Waals surface area (Å²) in [5.41, 5.74) is -0.0823. The van der Waals surface area contributed by atoms with Crippen molar-refractivity contribution in [1.82, 2.24) is 0 Å². The van der Waals surface area contributed by atoms with Gasteiger partial charge in [-0.3, -0.25) is 4.79 Å². The Hall–Kier alpha value is -1.14. The molecule has 4 saturated carbocycles. The quantitative estimate of drug-likeness (QED) is 0.372. The van der Waals surface area contributed by atoms with E-state index in [4.69, 9.17) is 20.3 Å². The van der Waals surface area contributed by atoms with Crippen molar-refractivity contribution in [3.8, 4) is 0 Å². The zero-order valence-electron chi connectivity index (χ0n) is 25.8. The van der Waals surface area contributed by atoms with Crippen molar-refractivity contribution in [2.24, 2.45) is 58.2 Å². The fraction of sp³-hybridized carbons (Fsp3) is 0.938. The van der Waals surface area contributed by atoms with Gasteiger partial charge in [-0.25, -0.2) is 4.79 Å². The number of carbonyl (C=O) groups is 2. The molecule has 0 N–H and O–H groups in total. The van der Waals surface area contributed by atoms with Gasteiger partial charge in [-0.2, -0.15) is 0 Å². The molecule has 38 heavy (non-hydrogen) atoms. The van der Waals surface area contributed by atoms with Crippen molar-refractivity contribution in [3.05, 3.63) is 0 Å². The summed E-state index contributed by atoms with van der Waals surface area (Å²) >= 11 is 0. The fourth-order valence-electron chi connectivity index (χ4n) is 10.5. The largest absolute Gasteiger partial charge is 0.509 e. The highest BCUT2D eigenvalue weighted by atomic mass is 16.8. The average Bonchev–Trinajstić information content (AvgIpc) is 3.45. The number of fused-ring (bicyclic) bond motifs is 6. The maximum Gasteiger partial charge on any atom is 0.509 e. The van der Waals surface area contributed by atoms with Gasteiger partial charge in [-0.05, 0) is 105 Å². The second-order valence-corrected chi connectivity index (χ2v) is 15.2. The second-order valence-electron chi connectivity index (χ2n) is 15.2. The molecule has 0 radical (unpaired) electrons. The number of ether oxygens (including phenoxy) is 4. The Kier molecular flexibility index (Phi) is 6.06. The lowest BCUT2D eigenvalue weighted by Gasteiger charge is -2.60. The van der Waals surface area contributed by atoms with Crippen LogP contribution in [0.5, 0.6) is 0 Å². The van der Waals surface area contributed by atoms with Gasteiger partial charge in [0, 0.05) is 12.3 Å². The van der Waals surface area contributed by atoms with Crippen molar-refractivity contribution in [3.63, 3.8) is 0 Å². The first-order chi connectivity index (χ1) is 18.1. The Morgan fingerprint density at radius 3 is 2.29 bits per heavy atom. The maximum atomic E-state index is 13.8. The highest BCUT2D eigenvalue weighted by molar-refractivity contribution is 5.83. The molecule has 2 aliphatic heterocycles. The summed E-state index contributed by atoms with van der Waals surface area (Å²) in [6.07, 6.45) is 3.42. The molecule has 13 atom stereocenters. The van der Waals surface area contributed by atoms with Crippen molar-refractivity contribution >= 4 is 11.9 Å². The monoisotopic (exact) mass is 531 g/mol. The van der Waals surface area contributed by atoms with Gasteiger partial charge in [0.2, 0.25) is 0 Å². The second kappa shape index (κ2) is 8.93. The van der Waals surface area contributed by atoms with Crippen LogP contribution in [0.3, 0.4) is 0 Å². The van der Waals surface area contributed by atoms with Crippen molar-refractivity contribution < 1.29 is 29.9 Å². The minimum atomic E-state index is -1.42. The third kappa shape index (κ3) is 3.93. The topological polar surface area (TPSA) is 71.1 Å². The maximum absolute atomic E-state index is 13.8. The third-order valence-electron chi connectivity index (χ3n) is 12.7. The molecule has 6 fully saturated rings. The molecule has 0 spiro atoms. The Bertz CT molecular complexity index is 1030. The summed E-state index contributed by atoms with van der Waals surface area (Å²) < 4.78 is 32.7. The van der Waals surface area contributed by atoms with Crippen LogP contribution >= 0.6 is 0 Å². The van der Waals surface area contributed by atoms with E-state index < -0.39 is 24.1 Å². The Labute approximate surface area is 230 Å². The standard InChI is InChI=1S/C32H50O6/c1-16(2)17(3)27-28(38-30(5,6)37-27)18(4)20-9-10-21-19-13-24(33)23-14-25-26(36-29(34)35-25)15-32(23,8)22(19)11-12-31(20,21)7/h16-23,25-28H,9-15H2,1-8H3/t17-,18+,19+,20-,21+,22+,23-,25+,26-,27-,28-,31-,32-/m1/s1/i25D. The van der Waals surface area contributed by atoms with Gasteiger partial charge in [-0.15, -0.1) is 0 Å².